The van der Waals surface area contributed by atoms with Crippen LogP contribution in [0, 0.1) is 17.0 Å². The largest absolute Gasteiger partial charge is 0.320 e. The second-order valence-electron chi connectivity index (χ2n) is 6.78. The lowest BCUT2D eigenvalue weighted by molar-refractivity contribution is -0.384. The van der Waals surface area contributed by atoms with Crippen molar-refractivity contribution in [1.82, 2.24) is 9.78 Å². The number of carbonyl (C=O) groups is 1. The van der Waals surface area contributed by atoms with Crippen molar-refractivity contribution in [2.75, 3.05) is 15.8 Å². The molecule has 3 aromatic rings. The first kappa shape index (κ1) is 22.0. The average molecular weight is 443 g/mol. The van der Waals surface area contributed by atoms with Gasteiger partial charge in [-0.1, -0.05) is 19.1 Å². The van der Waals surface area contributed by atoms with Gasteiger partial charge in [-0.25, -0.2) is 13.1 Å². The zero-order valence-electron chi connectivity index (χ0n) is 16.9. The number of nitro groups is 1. The van der Waals surface area contributed by atoms with Crippen molar-refractivity contribution in [1.29, 1.82) is 0 Å². The van der Waals surface area contributed by atoms with E-state index in [1.165, 1.54) is 35.1 Å². The number of nitrogens with one attached hydrogen (secondary N) is 2. The molecule has 0 saturated carbocycles. The van der Waals surface area contributed by atoms with Crippen LogP contribution in [-0.4, -0.2) is 34.8 Å². The first-order chi connectivity index (χ1) is 14.7. The Labute approximate surface area is 179 Å². The van der Waals surface area contributed by atoms with E-state index in [0.29, 0.717) is 29.0 Å². The molecule has 0 aliphatic heterocycles. The SMILES string of the molecule is CCCS(=O)(=O)Nc1cccc(NC(=O)c2ccn(-c3cccc([N+](=O)[O-])c3)n2)c1C. The standard InChI is InChI=1S/C20H21N5O5S/c1-3-12-31(29,30)23-18-9-5-8-17(14(18)2)21-20(26)19-10-11-24(22-19)15-6-4-7-16(13-15)25(27)28/h4-11,13,23H,3,12H2,1-2H3,(H,21,26). The molecule has 0 fully saturated rings. The van der Waals surface area contributed by atoms with Gasteiger partial charge in [-0.3, -0.25) is 19.6 Å². The second kappa shape index (κ2) is 8.96. The van der Waals surface area contributed by atoms with Crippen LogP contribution >= 0.6 is 0 Å². The second-order valence-corrected chi connectivity index (χ2v) is 8.62. The first-order valence-electron chi connectivity index (χ1n) is 9.42. The first-order valence-corrected chi connectivity index (χ1v) is 11.1. The lowest BCUT2D eigenvalue weighted by Crippen LogP contribution is -2.18. The van der Waals surface area contributed by atoms with Gasteiger partial charge >= 0.3 is 0 Å². The number of non-ortho nitro benzene ring substituents is 1. The van der Waals surface area contributed by atoms with Gasteiger partial charge in [-0.15, -0.1) is 0 Å². The summed E-state index contributed by atoms with van der Waals surface area (Å²) in [5.74, 6) is -0.501. The molecule has 0 aliphatic carbocycles. The van der Waals surface area contributed by atoms with Gasteiger partial charge in [0, 0.05) is 24.0 Å². The number of aromatic nitrogens is 2. The van der Waals surface area contributed by atoms with Crippen LogP contribution in [0.3, 0.4) is 0 Å². The van der Waals surface area contributed by atoms with Gasteiger partial charge in [-0.05, 0) is 43.2 Å². The quantitative estimate of drug-likeness (QED) is 0.404. The van der Waals surface area contributed by atoms with Crippen molar-refractivity contribution < 1.29 is 18.1 Å². The van der Waals surface area contributed by atoms with Gasteiger partial charge in [-0.2, -0.15) is 5.10 Å². The van der Waals surface area contributed by atoms with E-state index < -0.39 is 20.9 Å². The molecule has 0 aliphatic rings. The molecule has 1 heterocycles. The van der Waals surface area contributed by atoms with Crippen LogP contribution in [0.15, 0.2) is 54.7 Å². The van der Waals surface area contributed by atoms with Crippen molar-refractivity contribution in [2.24, 2.45) is 0 Å². The van der Waals surface area contributed by atoms with Gasteiger partial charge in [0.2, 0.25) is 10.0 Å². The maximum atomic E-state index is 12.7. The third-order valence-electron chi connectivity index (χ3n) is 4.45. The molecule has 2 aromatic carbocycles. The van der Waals surface area contributed by atoms with Crippen LogP contribution in [0.1, 0.15) is 29.4 Å². The Hall–Kier alpha value is -3.73. The van der Waals surface area contributed by atoms with Crippen LogP contribution in [-0.2, 0) is 10.0 Å². The Morgan fingerprint density at radius 2 is 1.87 bits per heavy atom. The van der Waals surface area contributed by atoms with E-state index >= 15 is 0 Å². The minimum absolute atomic E-state index is 0.00188. The van der Waals surface area contributed by atoms with Gasteiger partial charge in [0.1, 0.15) is 0 Å². The lowest BCUT2D eigenvalue weighted by atomic mass is 10.1. The summed E-state index contributed by atoms with van der Waals surface area (Å²) in [5, 5.41) is 17.9. The van der Waals surface area contributed by atoms with E-state index in [1.54, 1.807) is 38.1 Å². The van der Waals surface area contributed by atoms with Crippen LogP contribution in [0.4, 0.5) is 17.1 Å². The summed E-state index contributed by atoms with van der Waals surface area (Å²) in [6.45, 7) is 3.47. The maximum Gasteiger partial charge on any atom is 0.276 e. The molecule has 10 nitrogen and oxygen atoms in total. The number of anilines is 2. The molecule has 0 atom stereocenters. The lowest BCUT2D eigenvalue weighted by Gasteiger charge is -2.14. The summed E-state index contributed by atoms with van der Waals surface area (Å²) in [4.78, 5) is 23.1. The van der Waals surface area contributed by atoms with Gasteiger partial charge < -0.3 is 5.32 Å². The van der Waals surface area contributed by atoms with E-state index in [1.807, 2.05) is 0 Å². The van der Waals surface area contributed by atoms with Crippen molar-refractivity contribution in [3.63, 3.8) is 0 Å². The molecular formula is C20H21N5O5S. The molecule has 2 N–H and O–H groups in total. The fourth-order valence-electron chi connectivity index (χ4n) is 2.89. The number of nitro benzene ring substituents is 1. The number of benzene rings is 2. The summed E-state index contributed by atoms with van der Waals surface area (Å²) in [7, 11) is -3.47. The van der Waals surface area contributed by atoms with E-state index in [0.717, 1.165) is 0 Å². The Morgan fingerprint density at radius 3 is 2.58 bits per heavy atom. The fraction of sp³-hybridized carbons (Fsp3) is 0.200. The van der Waals surface area contributed by atoms with Crippen molar-refractivity contribution in [2.45, 2.75) is 20.3 Å². The number of rotatable bonds is 8. The average Bonchev–Trinajstić information content (AvgIpc) is 3.21. The molecule has 11 heteroatoms. The topological polar surface area (TPSA) is 136 Å². The minimum Gasteiger partial charge on any atom is -0.320 e. The summed E-state index contributed by atoms with van der Waals surface area (Å²) >= 11 is 0. The highest BCUT2D eigenvalue weighted by Crippen LogP contribution is 2.25. The van der Waals surface area contributed by atoms with E-state index in [2.05, 4.69) is 15.1 Å². The van der Waals surface area contributed by atoms with Gasteiger partial charge in [0.25, 0.3) is 11.6 Å². The molecule has 31 heavy (non-hydrogen) atoms. The van der Waals surface area contributed by atoms with Gasteiger partial charge in [0.15, 0.2) is 5.69 Å². The highest BCUT2D eigenvalue weighted by atomic mass is 32.2. The molecule has 0 unspecified atom stereocenters. The molecule has 0 radical (unpaired) electrons. The van der Waals surface area contributed by atoms with E-state index in [9.17, 15) is 23.3 Å². The van der Waals surface area contributed by atoms with Crippen molar-refractivity contribution >= 4 is 33.0 Å². The number of nitrogens with zero attached hydrogens (tertiary/aromatic N) is 3. The number of sulfonamides is 1. The Kier molecular flexibility index (Phi) is 6.35. The summed E-state index contributed by atoms with van der Waals surface area (Å²) in [5.41, 5.74) is 1.84. The molecule has 162 valence electrons. The van der Waals surface area contributed by atoms with Crippen LogP contribution in [0.5, 0.6) is 0 Å². The van der Waals surface area contributed by atoms with Crippen LogP contribution in [0.2, 0.25) is 0 Å². The monoisotopic (exact) mass is 443 g/mol. The highest BCUT2D eigenvalue weighted by Gasteiger charge is 2.16. The minimum atomic E-state index is -3.47. The van der Waals surface area contributed by atoms with Gasteiger partial charge in [0.05, 0.1) is 22.1 Å². The van der Waals surface area contributed by atoms with Crippen LogP contribution < -0.4 is 10.0 Å². The summed E-state index contributed by atoms with van der Waals surface area (Å²) in [6, 6.07) is 12.3. The number of hydrogen-bond acceptors (Lipinski definition) is 6. The zero-order valence-corrected chi connectivity index (χ0v) is 17.7. The molecule has 3 rings (SSSR count). The number of amides is 1. The Balaban J connectivity index is 1.79. The molecular weight excluding hydrogens is 422 g/mol. The molecule has 0 saturated heterocycles. The number of hydrogen-bond donors (Lipinski definition) is 2. The predicted molar refractivity (Wildman–Crippen MR) is 117 cm³/mol. The third-order valence-corrected chi connectivity index (χ3v) is 5.92. The molecule has 0 spiro atoms. The third kappa shape index (κ3) is 5.25. The summed E-state index contributed by atoms with van der Waals surface area (Å²) in [6.07, 6.45) is 2.01. The van der Waals surface area contributed by atoms with E-state index in [-0.39, 0.29) is 17.1 Å². The maximum absolute atomic E-state index is 12.7. The van der Waals surface area contributed by atoms with E-state index in [4.69, 9.17) is 0 Å². The molecule has 0 bridgehead atoms. The predicted octanol–water partition coefficient (Wildman–Crippen LogP) is 3.49. The Morgan fingerprint density at radius 1 is 1.16 bits per heavy atom. The Bertz CT molecular complexity index is 1240. The molecule has 1 aromatic heterocycles. The van der Waals surface area contributed by atoms with Crippen LogP contribution in [0.25, 0.3) is 5.69 Å². The summed E-state index contributed by atoms with van der Waals surface area (Å²) < 4.78 is 28.0. The fourth-order valence-corrected chi connectivity index (χ4v) is 4.09. The molecule has 1 amide bonds. The zero-order chi connectivity index (χ0) is 22.6. The normalized spacial score (nSPS) is 11.2. The van der Waals surface area contributed by atoms with Crippen molar-refractivity contribution in [3.8, 4) is 5.69 Å². The highest BCUT2D eigenvalue weighted by molar-refractivity contribution is 7.92. The number of carbonyl (C=O) groups excluding carboxylic acids is 1. The smallest absolute Gasteiger partial charge is 0.276 e. The van der Waals surface area contributed by atoms with Crippen molar-refractivity contribution in [3.05, 3.63) is 76.1 Å².